The van der Waals surface area contributed by atoms with Crippen molar-refractivity contribution in [3.8, 4) is 0 Å². The van der Waals surface area contributed by atoms with Gasteiger partial charge in [0.25, 0.3) is 0 Å². The van der Waals surface area contributed by atoms with E-state index in [0.717, 1.165) is 77.3 Å². The smallest absolute Gasteiger partial charge is 0.155 e. The van der Waals surface area contributed by atoms with Crippen LogP contribution in [0.3, 0.4) is 0 Å². The maximum absolute atomic E-state index is 11.4. The third kappa shape index (κ3) is 7.47. The molecule has 262 valence electrons. The molecule has 0 spiro atoms. The molecule has 0 bridgehead atoms. The van der Waals surface area contributed by atoms with Crippen molar-refractivity contribution in [3.63, 3.8) is 0 Å². The second-order valence-electron chi connectivity index (χ2n) is 16.9. The van der Waals surface area contributed by atoms with Crippen molar-refractivity contribution < 1.29 is 10.2 Å². The van der Waals surface area contributed by atoms with E-state index < -0.39 is 12.2 Å². The number of aromatic nitrogens is 6. The van der Waals surface area contributed by atoms with Gasteiger partial charge in [0.1, 0.15) is 12.2 Å². The number of aryl methyl sites for hydroxylation is 1. The molecule has 10 heteroatoms. The van der Waals surface area contributed by atoms with Crippen molar-refractivity contribution in [3.05, 3.63) is 58.4 Å². The zero-order chi connectivity index (χ0) is 34.4. The number of fused-ring (bicyclic) bond motifs is 2. The second-order valence-corrected chi connectivity index (χ2v) is 16.9. The van der Waals surface area contributed by atoms with E-state index in [1.807, 2.05) is 23.6 Å². The van der Waals surface area contributed by atoms with E-state index in [4.69, 9.17) is 25.9 Å². The Morgan fingerprint density at radius 2 is 1.21 bits per heavy atom. The second kappa shape index (κ2) is 13.8. The lowest BCUT2D eigenvalue weighted by Gasteiger charge is -2.36. The molecular weight excluding hydrogens is 600 g/mol. The van der Waals surface area contributed by atoms with E-state index >= 15 is 0 Å². The fraction of sp³-hybridized carbons (Fsp3) is 0.684. The molecule has 0 saturated heterocycles. The van der Waals surface area contributed by atoms with E-state index in [0.29, 0.717) is 41.4 Å². The fourth-order valence-electron chi connectivity index (χ4n) is 8.25. The van der Waals surface area contributed by atoms with Gasteiger partial charge in [-0.15, -0.1) is 0 Å². The highest BCUT2D eigenvalue weighted by atomic mass is 16.3. The summed E-state index contributed by atoms with van der Waals surface area (Å²) in [6, 6.07) is 7.99. The van der Waals surface area contributed by atoms with Crippen LogP contribution in [0.25, 0.3) is 11.3 Å². The van der Waals surface area contributed by atoms with E-state index in [-0.39, 0.29) is 6.54 Å². The molecule has 2 aliphatic rings. The third-order valence-corrected chi connectivity index (χ3v) is 11.4. The molecule has 48 heavy (non-hydrogen) atoms. The van der Waals surface area contributed by atoms with Crippen LogP contribution < -0.4 is 11.1 Å². The molecular formula is C38H58N8O2. The Balaban J connectivity index is 1.15. The van der Waals surface area contributed by atoms with Gasteiger partial charge < -0.3 is 21.3 Å². The van der Waals surface area contributed by atoms with E-state index in [2.05, 4.69) is 59.0 Å². The largest absolute Gasteiger partial charge is 0.385 e. The van der Waals surface area contributed by atoms with Crippen molar-refractivity contribution in [2.45, 2.75) is 130 Å². The van der Waals surface area contributed by atoms with E-state index in [1.165, 1.54) is 25.7 Å². The summed E-state index contributed by atoms with van der Waals surface area (Å²) in [6.07, 6.45) is 7.71. The summed E-state index contributed by atoms with van der Waals surface area (Å²) in [5, 5.41) is 35.5. The van der Waals surface area contributed by atoms with Crippen LogP contribution >= 0.6 is 0 Å². The molecule has 4 aromatic heterocycles. The SMILES string of the molecule is Cc1cc([C@H](O)CNCc2cc([C@@H](O)CN)n3nc(C4CCC(C(C)(C)C)CC4)cc3n2)n2nc(C3CCC(C(C)(C)C)CC3)cc2n1. The van der Waals surface area contributed by atoms with Crippen LogP contribution in [0.4, 0.5) is 0 Å². The van der Waals surface area contributed by atoms with E-state index in [9.17, 15) is 10.2 Å². The van der Waals surface area contributed by atoms with Gasteiger partial charge in [0.15, 0.2) is 11.3 Å². The third-order valence-electron chi connectivity index (χ3n) is 11.4. The summed E-state index contributed by atoms with van der Waals surface area (Å²) in [5.74, 6) is 2.29. The first-order valence-corrected chi connectivity index (χ1v) is 18.2. The predicted molar refractivity (Wildman–Crippen MR) is 190 cm³/mol. The first-order valence-electron chi connectivity index (χ1n) is 18.2. The average Bonchev–Trinajstić information content (AvgIpc) is 3.67. The predicted octanol–water partition coefficient (Wildman–Crippen LogP) is 6.54. The van der Waals surface area contributed by atoms with Gasteiger partial charge in [-0.1, -0.05) is 41.5 Å². The Morgan fingerprint density at radius 3 is 1.69 bits per heavy atom. The van der Waals surface area contributed by atoms with Crippen LogP contribution in [0.1, 0.15) is 151 Å². The zero-order valence-corrected chi connectivity index (χ0v) is 30.2. The summed E-state index contributed by atoms with van der Waals surface area (Å²) in [5.41, 5.74) is 13.2. The number of rotatable bonds is 9. The van der Waals surface area contributed by atoms with Gasteiger partial charge in [-0.25, -0.2) is 19.0 Å². The average molecular weight is 659 g/mol. The van der Waals surface area contributed by atoms with Gasteiger partial charge in [0.05, 0.1) is 28.5 Å². The Labute approximate surface area is 285 Å². The van der Waals surface area contributed by atoms with Crippen LogP contribution in [-0.2, 0) is 6.54 Å². The van der Waals surface area contributed by atoms with Gasteiger partial charge in [0, 0.05) is 49.3 Å². The van der Waals surface area contributed by atoms with Crippen LogP contribution in [0, 0.1) is 29.6 Å². The Hall–Kier alpha value is -2.92. The lowest BCUT2D eigenvalue weighted by atomic mass is 9.69. The van der Waals surface area contributed by atoms with Gasteiger partial charge in [0.2, 0.25) is 0 Å². The van der Waals surface area contributed by atoms with Crippen LogP contribution in [0.15, 0.2) is 24.3 Å². The molecule has 0 amide bonds. The van der Waals surface area contributed by atoms with Crippen molar-refractivity contribution >= 4 is 11.3 Å². The molecule has 2 saturated carbocycles. The van der Waals surface area contributed by atoms with Crippen molar-refractivity contribution in [2.24, 2.45) is 28.4 Å². The summed E-state index contributed by atoms with van der Waals surface area (Å²) < 4.78 is 3.59. The lowest BCUT2D eigenvalue weighted by molar-refractivity contribution is 0.164. The normalized spacial score (nSPS) is 24.0. The molecule has 0 aliphatic heterocycles. The highest BCUT2D eigenvalue weighted by molar-refractivity contribution is 5.44. The number of aliphatic hydroxyl groups excluding tert-OH is 2. The van der Waals surface area contributed by atoms with Gasteiger partial charge in [-0.2, -0.15) is 10.2 Å². The number of nitrogens with one attached hydrogen (secondary N) is 1. The monoisotopic (exact) mass is 658 g/mol. The fourth-order valence-corrected chi connectivity index (χ4v) is 8.25. The molecule has 2 fully saturated rings. The molecule has 6 rings (SSSR count). The van der Waals surface area contributed by atoms with Crippen LogP contribution in [0.5, 0.6) is 0 Å². The summed E-state index contributed by atoms with van der Waals surface area (Å²) in [4.78, 5) is 9.65. The minimum atomic E-state index is -0.852. The number of nitrogens with two attached hydrogens (primary N) is 1. The molecule has 10 nitrogen and oxygen atoms in total. The quantitative estimate of drug-likeness (QED) is 0.159. The van der Waals surface area contributed by atoms with Crippen molar-refractivity contribution in [2.75, 3.05) is 13.1 Å². The van der Waals surface area contributed by atoms with Crippen LogP contribution in [0.2, 0.25) is 0 Å². The summed E-state index contributed by atoms with van der Waals surface area (Å²) in [6.45, 7) is 16.9. The lowest BCUT2D eigenvalue weighted by Crippen LogP contribution is -2.25. The topological polar surface area (TPSA) is 139 Å². The zero-order valence-electron chi connectivity index (χ0n) is 30.2. The number of nitrogens with zero attached hydrogens (tertiary/aromatic N) is 6. The Morgan fingerprint density at radius 1 is 0.729 bits per heavy atom. The first-order chi connectivity index (χ1) is 22.7. The van der Waals surface area contributed by atoms with Gasteiger partial charge >= 0.3 is 0 Å². The standard InChI is InChI=1S/C38H58N8O2/c1-23-16-31(45-35(41-23)18-29(43-45)24-8-12-26(13-9-24)37(2,3)4)34(48)22-40-21-28-17-32(33(47)20-39)46-36(42-28)19-30(44-46)25-10-14-27(15-11-25)38(5,6)7/h16-19,24-27,33-34,40,47-48H,8-15,20-22,39H2,1-7H3/t24?,25?,26?,27?,33-,34+/m0/s1. The molecule has 5 N–H and O–H groups in total. The maximum atomic E-state index is 11.4. The molecule has 0 aromatic carbocycles. The molecule has 0 unspecified atom stereocenters. The summed E-state index contributed by atoms with van der Waals surface area (Å²) in [7, 11) is 0. The Kier molecular flexibility index (Phi) is 10.0. The van der Waals surface area contributed by atoms with Crippen molar-refractivity contribution in [1.82, 2.24) is 34.5 Å². The van der Waals surface area contributed by atoms with Gasteiger partial charge in [-0.3, -0.25) is 0 Å². The molecule has 4 aromatic rings. The van der Waals surface area contributed by atoms with Gasteiger partial charge in [-0.05, 0) is 93.1 Å². The highest BCUT2D eigenvalue weighted by Gasteiger charge is 2.33. The summed E-state index contributed by atoms with van der Waals surface area (Å²) >= 11 is 0. The van der Waals surface area contributed by atoms with Crippen LogP contribution in [-0.4, -0.2) is 52.5 Å². The number of aliphatic hydroxyl groups is 2. The molecule has 2 atom stereocenters. The van der Waals surface area contributed by atoms with E-state index in [1.54, 1.807) is 4.52 Å². The molecule has 4 heterocycles. The minimum absolute atomic E-state index is 0.0951. The minimum Gasteiger partial charge on any atom is -0.385 e. The Bertz CT molecular complexity index is 1700. The first kappa shape index (κ1) is 34.9. The van der Waals surface area contributed by atoms with Crippen molar-refractivity contribution in [1.29, 1.82) is 0 Å². The number of hydrogen-bond acceptors (Lipinski definition) is 8. The number of hydrogen-bond donors (Lipinski definition) is 4. The highest BCUT2D eigenvalue weighted by Crippen LogP contribution is 2.44. The molecule has 2 aliphatic carbocycles. The maximum Gasteiger partial charge on any atom is 0.155 e. The molecule has 0 radical (unpaired) electrons.